The number of hydrogen-bond donors (Lipinski definition) is 3. The van der Waals surface area contributed by atoms with E-state index < -0.39 is 5.54 Å². The first-order chi connectivity index (χ1) is 7.31. The maximum absolute atomic E-state index is 12.0. The first-order valence-corrected chi connectivity index (χ1v) is 6.00. The van der Waals surface area contributed by atoms with Crippen LogP contribution in [0.15, 0.2) is 0 Å². The summed E-state index contributed by atoms with van der Waals surface area (Å²) in [4.78, 5) is 12.0. The second kappa shape index (κ2) is 6.21. The van der Waals surface area contributed by atoms with Gasteiger partial charge in [0.05, 0.1) is 5.54 Å². The van der Waals surface area contributed by atoms with Gasteiger partial charge in [0.2, 0.25) is 5.91 Å². The van der Waals surface area contributed by atoms with E-state index in [0.29, 0.717) is 6.42 Å². The highest BCUT2D eigenvalue weighted by molar-refractivity contribution is 5.86. The third-order valence-electron chi connectivity index (χ3n) is 3.05. The van der Waals surface area contributed by atoms with Crippen LogP contribution in [-0.4, -0.2) is 35.2 Å². The molecule has 0 rings (SSSR count). The summed E-state index contributed by atoms with van der Waals surface area (Å²) in [6.07, 6.45) is 1.39. The minimum absolute atomic E-state index is 0.0212. The molecule has 0 aliphatic heterocycles. The van der Waals surface area contributed by atoms with Gasteiger partial charge in [0.1, 0.15) is 0 Å². The summed E-state index contributed by atoms with van der Waals surface area (Å²) < 4.78 is 0. The largest absolute Gasteiger partial charge is 0.396 e. The van der Waals surface area contributed by atoms with E-state index in [0.717, 1.165) is 13.0 Å². The van der Waals surface area contributed by atoms with Crippen LogP contribution in [0.1, 0.15) is 47.5 Å². The van der Waals surface area contributed by atoms with Crippen molar-refractivity contribution in [2.45, 2.75) is 58.5 Å². The van der Waals surface area contributed by atoms with Crippen molar-refractivity contribution in [2.75, 3.05) is 13.2 Å². The third-order valence-corrected chi connectivity index (χ3v) is 3.05. The Morgan fingerprint density at radius 3 is 2.19 bits per heavy atom. The molecule has 96 valence electrons. The van der Waals surface area contributed by atoms with Gasteiger partial charge in [-0.05, 0) is 40.2 Å². The minimum Gasteiger partial charge on any atom is -0.396 e. The van der Waals surface area contributed by atoms with Gasteiger partial charge in [-0.1, -0.05) is 13.8 Å². The topological polar surface area (TPSA) is 61.4 Å². The van der Waals surface area contributed by atoms with Crippen LogP contribution in [-0.2, 0) is 4.79 Å². The summed E-state index contributed by atoms with van der Waals surface area (Å²) in [5.41, 5.74) is -0.890. The van der Waals surface area contributed by atoms with E-state index in [9.17, 15) is 4.79 Å². The number of likely N-dealkylation sites (N-methyl/N-ethyl adjacent to an activating group) is 1. The highest BCUT2D eigenvalue weighted by Crippen LogP contribution is 2.15. The van der Waals surface area contributed by atoms with E-state index in [4.69, 9.17) is 5.11 Å². The van der Waals surface area contributed by atoms with Crippen molar-refractivity contribution in [1.29, 1.82) is 0 Å². The lowest BCUT2D eigenvalue weighted by atomic mass is 9.92. The van der Waals surface area contributed by atoms with Gasteiger partial charge in [-0.3, -0.25) is 4.79 Å². The van der Waals surface area contributed by atoms with E-state index in [1.54, 1.807) is 0 Å². The van der Waals surface area contributed by atoms with Gasteiger partial charge in [-0.2, -0.15) is 0 Å². The van der Waals surface area contributed by atoms with Crippen LogP contribution in [0.5, 0.6) is 0 Å². The normalized spacial score (nSPS) is 15.6. The molecule has 0 spiro atoms. The van der Waals surface area contributed by atoms with Crippen LogP contribution in [0, 0.1) is 0 Å². The molecule has 0 aromatic rings. The predicted molar refractivity (Wildman–Crippen MR) is 66.3 cm³/mol. The molecule has 0 radical (unpaired) electrons. The fourth-order valence-electron chi connectivity index (χ4n) is 1.53. The molecule has 3 N–H and O–H groups in total. The van der Waals surface area contributed by atoms with Gasteiger partial charge >= 0.3 is 0 Å². The summed E-state index contributed by atoms with van der Waals surface area (Å²) in [6.45, 7) is 10.5. The molecule has 0 aromatic carbocycles. The molecule has 16 heavy (non-hydrogen) atoms. The second-order valence-corrected chi connectivity index (χ2v) is 5.00. The third kappa shape index (κ3) is 4.49. The smallest absolute Gasteiger partial charge is 0.240 e. The summed E-state index contributed by atoms with van der Waals surface area (Å²) in [5, 5.41) is 15.1. The Balaban J connectivity index is 4.52. The highest BCUT2D eigenvalue weighted by Gasteiger charge is 2.32. The van der Waals surface area contributed by atoms with E-state index in [1.165, 1.54) is 0 Å². The number of nitrogens with one attached hydrogen (secondary N) is 2. The van der Waals surface area contributed by atoms with Crippen molar-refractivity contribution in [1.82, 2.24) is 10.6 Å². The monoisotopic (exact) mass is 230 g/mol. The zero-order chi connectivity index (χ0) is 12.8. The lowest BCUT2D eigenvalue weighted by molar-refractivity contribution is -0.128. The Kier molecular flexibility index (Phi) is 5.97. The van der Waals surface area contributed by atoms with Crippen molar-refractivity contribution < 1.29 is 9.90 Å². The van der Waals surface area contributed by atoms with Crippen LogP contribution in [0.3, 0.4) is 0 Å². The van der Waals surface area contributed by atoms with E-state index in [2.05, 4.69) is 10.6 Å². The summed E-state index contributed by atoms with van der Waals surface area (Å²) >= 11 is 0. The second-order valence-electron chi connectivity index (χ2n) is 5.00. The lowest BCUT2D eigenvalue weighted by Crippen LogP contribution is -2.58. The molecule has 4 heteroatoms. The molecule has 1 unspecified atom stereocenters. The zero-order valence-corrected chi connectivity index (χ0v) is 11.2. The maximum Gasteiger partial charge on any atom is 0.240 e. The average molecular weight is 230 g/mol. The van der Waals surface area contributed by atoms with Crippen molar-refractivity contribution in [3.63, 3.8) is 0 Å². The van der Waals surface area contributed by atoms with Gasteiger partial charge in [0.15, 0.2) is 0 Å². The van der Waals surface area contributed by atoms with Gasteiger partial charge in [0.25, 0.3) is 0 Å². The molecule has 0 aliphatic rings. The number of carbonyl (C=O) groups is 1. The van der Waals surface area contributed by atoms with Gasteiger partial charge in [-0.15, -0.1) is 0 Å². The predicted octanol–water partition coefficient (Wildman–Crippen LogP) is 1.04. The fraction of sp³-hybridized carbons (Fsp3) is 0.917. The molecule has 4 nitrogen and oxygen atoms in total. The van der Waals surface area contributed by atoms with E-state index in [1.807, 2.05) is 34.6 Å². The first-order valence-electron chi connectivity index (χ1n) is 6.00. The fourth-order valence-corrected chi connectivity index (χ4v) is 1.53. The van der Waals surface area contributed by atoms with E-state index >= 15 is 0 Å². The molecule has 0 bridgehead atoms. The molecular weight excluding hydrogens is 204 g/mol. The number of amides is 1. The summed E-state index contributed by atoms with van der Waals surface area (Å²) in [7, 11) is 0. The number of hydrogen-bond acceptors (Lipinski definition) is 3. The Labute approximate surface area is 98.8 Å². The SMILES string of the molecule is CCNC(C)(C)C(=O)NC(C)(CC)CCO. The molecular formula is C12H26N2O2. The Morgan fingerprint density at radius 2 is 1.81 bits per heavy atom. The molecule has 0 saturated heterocycles. The number of aliphatic hydroxyl groups excluding tert-OH is 1. The van der Waals surface area contributed by atoms with Gasteiger partial charge in [-0.25, -0.2) is 0 Å². The summed E-state index contributed by atoms with van der Waals surface area (Å²) in [5.74, 6) is -0.0212. The highest BCUT2D eigenvalue weighted by atomic mass is 16.3. The van der Waals surface area contributed by atoms with Crippen molar-refractivity contribution in [3.05, 3.63) is 0 Å². The van der Waals surface area contributed by atoms with E-state index in [-0.39, 0.29) is 18.1 Å². The Hall–Kier alpha value is -0.610. The molecule has 1 amide bonds. The Bertz CT molecular complexity index is 229. The van der Waals surface area contributed by atoms with Crippen molar-refractivity contribution in [3.8, 4) is 0 Å². The lowest BCUT2D eigenvalue weighted by Gasteiger charge is -2.34. The standard InChI is InChI=1S/C12H26N2O2/c1-6-12(5,8-9-15)14-10(16)11(3,4)13-7-2/h13,15H,6-9H2,1-5H3,(H,14,16). The number of aliphatic hydroxyl groups is 1. The van der Waals surface area contributed by atoms with Crippen molar-refractivity contribution >= 4 is 5.91 Å². The molecule has 0 fully saturated rings. The maximum atomic E-state index is 12.0. The minimum atomic E-state index is -0.569. The number of carbonyl (C=O) groups excluding carboxylic acids is 1. The average Bonchev–Trinajstić information content (AvgIpc) is 2.18. The van der Waals surface area contributed by atoms with Crippen molar-refractivity contribution in [2.24, 2.45) is 0 Å². The molecule has 0 aromatic heterocycles. The van der Waals surface area contributed by atoms with Crippen LogP contribution in [0.4, 0.5) is 0 Å². The Morgan fingerprint density at radius 1 is 1.25 bits per heavy atom. The zero-order valence-electron chi connectivity index (χ0n) is 11.2. The molecule has 1 atom stereocenters. The molecule has 0 aliphatic carbocycles. The number of rotatable bonds is 7. The van der Waals surface area contributed by atoms with Crippen LogP contribution >= 0.6 is 0 Å². The van der Waals surface area contributed by atoms with Crippen LogP contribution in [0.2, 0.25) is 0 Å². The van der Waals surface area contributed by atoms with Crippen LogP contribution < -0.4 is 10.6 Å². The molecule has 0 saturated carbocycles. The first kappa shape index (κ1) is 15.4. The quantitative estimate of drug-likeness (QED) is 0.612. The summed E-state index contributed by atoms with van der Waals surface area (Å²) in [6, 6.07) is 0. The van der Waals surface area contributed by atoms with Crippen LogP contribution in [0.25, 0.3) is 0 Å². The molecule has 0 heterocycles. The van der Waals surface area contributed by atoms with Gasteiger partial charge in [0, 0.05) is 12.1 Å². The van der Waals surface area contributed by atoms with Gasteiger partial charge < -0.3 is 15.7 Å².